The number of aryl methyl sites for hydroxylation is 2. The van der Waals surface area contributed by atoms with Gasteiger partial charge in [0.25, 0.3) is 0 Å². The second-order valence-electron chi connectivity index (χ2n) is 5.19. The average Bonchev–Trinajstić information content (AvgIpc) is 2.26. The number of aliphatic hydroxyl groups excluding tert-OH is 1. The van der Waals surface area contributed by atoms with E-state index in [1.165, 1.54) is 16.7 Å². The van der Waals surface area contributed by atoms with Crippen molar-refractivity contribution in [3.05, 3.63) is 69.2 Å². The summed E-state index contributed by atoms with van der Waals surface area (Å²) in [7, 11) is 0. The summed E-state index contributed by atoms with van der Waals surface area (Å²) in [5.74, 6) is 0. The summed E-state index contributed by atoms with van der Waals surface area (Å²) in [6.07, 6.45) is 1.05. The van der Waals surface area contributed by atoms with Crippen LogP contribution in [-0.2, 0) is 12.8 Å². The van der Waals surface area contributed by atoms with Gasteiger partial charge < -0.3 is 5.11 Å². The van der Waals surface area contributed by atoms with Crippen LogP contribution in [0.1, 0.15) is 22.3 Å². The fourth-order valence-electron chi connectivity index (χ4n) is 2.47. The Hall–Kier alpha value is -1.12. The van der Waals surface area contributed by atoms with Crippen LogP contribution in [-0.4, -0.2) is 11.2 Å². The molecular formula is C17H19BrO. The van der Waals surface area contributed by atoms with E-state index in [9.17, 15) is 5.11 Å². The average molecular weight is 319 g/mol. The van der Waals surface area contributed by atoms with Crippen molar-refractivity contribution < 1.29 is 5.11 Å². The van der Waals surface area contributed by atoms with Crippen LogP contribution in [0, 0.1) is 13.8 Å². The van der Waals surface area contributed by atoms with E-state index in [1.54, 1.807) is 0 Å². The smallest absolute Gasteiger partial charge is 0.0620 e. The summed E-state index contributed by atoms with van der Waals surface area (Å²) in [6, 6.07) is 14.6. The molecule has 0 aromatic heterocycles. The van der Waals surface area contributed by atoms with Crippen LogP contribution >= 0.6 is 15.9 Å². The third-order valence-corrected chi connectivity index (χ3v) is 3.61. The van der Waals surface area contributed by atoms with Gasteiger partial charge in [0.15, 0.2) is 0 Å². The van der Waals surface area contributed by atoms with Gasteiger partial charge >= 0.3 is 0 Å². The van der Waals surface area contributed by atoms with Crippen molar-refractivity contribution in [3.63, 3.8) is 0 Å². The fourth-order valence-corrected chi connectivity index (χ4v) is 2.91. The van der Waals surface area contributed by atoms with E-state index in [-0.39, 0.29) is 6.10 Å². The van der Waals surface area contributed by atoms with E-state index in [0.29, 0.717) is 12.8 Å². The number of benzene rings is 2. The van der Waals surface area contributed by atoms with Crippen molar-refractivity contribution in [3.8, 4) is 0 Å². The molecule has 1 N–H and O–H groups in total. The zero-order valence-corrected chi connectivity index (χ0v) is 12.9. The van der Waals surface area contributed by atoms with Gasteiger partial charge in [0.1, 0.15) is 0 Å². The van der Waals surface area contributed by atoms with Gasteiger partial charge in [-0.3, -0.25) is 0 Å². The standard InChI is InChI=1S/C17H19BrO/c1-12-6-13(2)8-15(7-12)11-17(19)10-14-4-3-5-16(18)9-14/h3-9,17,19H,10-11H2,1-2H3. The highest BCUT2D eigenvalue weighted by Crippen LogP contribution is 2.16. The van der Waals surface area contributed by atoms with Gasteiger partial charge in [-0.1, -0.05) is 57.4 Å². The zero-order chi connectivity index (χ0) is 13.8. The van der Waals surface area contributed by atoms with Crippen LogP contribution in [0.5, 0.6) is 0 Å². The minimum atomic E-state index is -0.338. The molecule has 1 unspecified atom stereocenters. The minimum Gasteiger partial charge on any atom is -0.392 e. The maximum atomic E-state index is 10.2. The molecule has 0 aliphatic heterocycles. The fraction of sp³-hybridized carbons (Fsp3) is 0.294. The van der Waals surface area contributed by atoms with E-state index < -0.39 is 0 Å². The Labute approximate surface area is 123 Å². The molecule has 0 heterocycles. The molecule has 0 aliphatic rings. The lowest BCUT2D eigenvalue weighted by Crippen LogP contribution is -2.14. The van der Waals surface area contributed by atoms with Gasteiger partial charge in [-0.2, -0.15) is 0 Å². The molecule has 0 bridgehead atoms. The number of aliphatic hydroxyl groups is 1. The lowest BCUT2D eigenvalue weighted by molar-refractivity contribution is 0.175. The second kappa shape index (κ2) is 6.36. The van der Waals surface area contributed by atoms with E-state index >= 15 is 0 Å². The highest BCUT2D eigenvalue weighted by molar-refractivity contribution is 9.10. The Morgan fingerprint density at radius 1 is 0.947 bits per heavy atom. The Bertz CT molecular complexity index is 543. The Balaban J connectivity index is 2.03. The van der Waals surface area contributed by atoms with Crippen LogP contribution in [0.3, 0.4) is 0 Å². The van der Waals surface area contributed by atoms with Gasteiger partial charge in [-0.05, 0) is 49.9 Å². The van der Waals surface area contributed by atoms with Crippen molar-refractivity contribution in [2.24, 2.45) is 0 Å². The van der Waals surface area contributed by atoms with Crippen molar-refractivity contribution in [1.82, 2.24) is 0 Å². The molecule has 2 rings (SSSR count). The molecule has 1 atom stereocenters. The normalized spacial score (nSPS) is 12.4. The van der Waals surface area contributed by atoms with E-state index in [1.807, 2.05) is 12.1 Å². The van der Waals surface area contributed by atoms with Gasteiger partial charge in [0.2, 0.25) is 0 Å². The van der Waals surface area contributed by atoms with E-state index in [0.717, 1.165) is 10.0 Å². The van der Waals surface area contributed by atoms with Crippen LogP contribution in [0.25, 0.3) is 0 Å². The summed E-state index contributed by atoms with van der Waals surface area (Å²) < 4.78 is 1.06. The Kier molecular flexibility index (Phi) is 4.78. The Morgan fingerprint density at radius 2 is 1.58 bits per heavy atom. The molecular weight excluding hydrogens is 300 g/mol. The molecule has 2 heteroatoms. The summed E-state index contributed by atoms with van der Waals surface area (Å²) >= 11 is 3.46. The molecule has 0 saturated heterocycles. The number of rotatable bonds is 4. The highest BCUT2D eigenvalue weighted by atomic mass is 79.9. The minimum absolute atomic E-state index is 0.338. The molecule has 0 saturated carbocycles. The topological polar surface area (TPSA) is 20.2 Å². The second-order valence-corrected chi connectivity index (χ2v) is 6.10. The lowest BCUT2D eigenvalue weighted by Gasteiger charge is -2.12. The monoisotopic (exact) mass is 318 g/mol. The van der Waals surface area contributed by atoms with Crippen molar-refractivity contribution >= 4 is 15.9 Å². The summed E-state index contributed by atoms with van der Waals surface area (Å²) in [4.78, 5) is 0. The van der Waals surface area contributed by atoms with Crippen LogP contribution < -0.4 is 0 Å². The predicted octanol–water partition coefficient (Wildman–Crippen LogP) is 4.21. The van der Waals surface area contributed by atoms with Gasteiger partial charge in [-0.15, -0.1) is 0 Å². The third-order valence-electron chi connectivity index (χ3n) is 3.11. The van der Waals surface area contributed by atoms with Crippen LogP contribution in [0.2, 0.25) is 0 Å². The van der Waals surface area contributed by atoms with E-state index in [4.69, 9.17) is 0 Å². The summed E-state index contributed by atoms with van der Waals surface area (Å²) in [5, 5.41) is 10.2. The molecule has 2 aromatic carbocycles. The van der Waals surface area contributed by atoms with Crippen LogP contribution in [0.4, 0.5) is 0 Å². The molecule has 0 radical (unpaired) electrons. The van der Waals surface area contributed by atoms with Gasteiger partial charge in [-0.25, -0.2) is 0 Å². The molecule has 1 nitrogen and oxygen atoms in total. The lowest BCUT2D eigenvalue weighted by atomic mass is 9.99. The molecule has 0 amide bonds. The molecule has 0 fully saturated rings. The molecule has 19 heavy (non-hydrogen) atoms. The quantitative estimate of drug-likeness (QED) is 0.895. The zero-order valence-electron chi connectivity index (χ0n) is 11.4. The van der Waals surface area contributed by atoms with Crippen molar-refractivity contribution in [1.29, 1.82) is 0 Å². The van der Waals surface area contributed by atoms with Crippen molar-refractivity contribution in [2.75, 3.05) is 0 Å². The molecule has 100 valence electrons. The first kappa shape index (κ1) is 14.3. The number of halogens is 1. The van der Waals surface area contributed by atoms with Crippen molar-refractivity contribution in [2.45, 2.75) is 32.8 Å². The first-order valence-corrected chi connectivity index (χ1v) is 7.32. The third kappa shape index (κ3) is 4.48. The van der Waals surface area contributed by atoms with Crippen LogP contribution in [0.15, 0.2) is 46.9 Å². The first-order valence-electron chi connectivity index (χ1n) is 6.52. The number of hydrogen-bond acceptors (Lipinski definition) is 1. The predicted molar refractivity (Wildman–Crippen MR) is 83.5 cm³/mol. The highest BCUT2D eigenvalue weighted by Gasteiger charge is 2.08. The molecule has 0 spiro atoms. The van der Waals surface area contributed by atoms with Gasteiger partial charge in [0.05, 0.1) is 6.10 Å². The summed E-state index contributed by atoms with van der Waals surface area (Å²) in [5.41, 5.74) is 4.88. The molecule has 0 aliphatic carbocycles. The maximum absolute atomic E-state index is 10.2. The SMILES string of the molecule is Cc1cc(C)cc(CC(O)Cc2cccc(Br)c2)c1. The Morgan fingerprint density at radius 3 is 2.21 bits per heavy atom. The molecule has 2 aromatic rings. The number of hydrogen-bond donors (Lipinski definition) is 1. The maximum Gasteiger partial charge on any atom is 0.0620 e. The first-order chi connectivity index (χ1) is 9.02. The van der Waals surface area contributed by atoms with Gasteiger partial charge in [0, 0.05) is 4.47 Å². The summed E-state index contributed by atoms with van der Waals surface area (Å²) in [6.45, 7) is 4.19. The van der Waals surface area contributed by atoms with E-state index in [2.05, 4.69) is 60.1 Å². The largest absolute Gasteiger partial charge is 0.392 e.